The van der Waals surface area contributed by atoms with Crippen molar-refractivity contribution in [3.63, 3.8) is 0 Å². The minimum absolute atomic E-state index is 0.228. The third kappa shape index (κ3) is 0.828. The van der Waals surface area contributed by atoms with Gasteiger partial charge in [-0.05, 0) is 0 Å². The maximum absolute atomic E-state index is 5.60. The highest BCUT2D eigenvalue weighted by Gasteiger charge is 2.50. The summed E-state index contributed by atoms with van der Waals surface area (Å²) in [6.07, 6.45) is 3.57. The average molecular weight is 156 g/mol. The molecule has 5 N–H and O–H groups in total. The molecular weight excluding hydrogens is 148 g/mol. The van der Waals surface area contributed by atoms with E-state index in [0.717, 1.165) is 5.56 Å². The lowest BCUT2D eigenvalue weighted by molar-refractivity contribution is 0.718. The topological polar surface area (TPSA) is 80.7 Å². The van der Waals surface area contributed by atoms with Crippen LogP contribution < -0.4 is 11.5 Å². The third-order valence-corrected chi connectivity index (χ3v) is 2.78. The first kappa shape index (κ1) is 6.21. The van der Waals surface area contributed by atoms with E-state index in [4.69, 9.17) is 11.5 Å². The molecule has 2 heterocycles. The highest BCUT2D eigenvalue weighted by Crippen LogP contribution is 2.57. The molecule has 0 radical (unpaired) electrons. The van der Waals surface area contributed by atoms with E-state index in [0.29, 0.717) is 0 Å². The van der Waals surface area contributed by atoms with Crippen molar-refractivity contribution in [3.05, 3.63) is 18.0 Å². The Morgan fingerprint density at radius 3 is 2.80 bits per heavy atom. The van der Waals surface area contributed by atoms with E-state index in [-0.39, 0.29) is 5.25 Å². The summed E-state index contributed by atoms with van der Waals surface area (Å²) < 4.78 is 0. The molecular formula is C5H8N4S. The molecule has 1 saturated heterocycles. The molecule has 0 saturated carbocycles. The fourth-order valence-electron chi connectivity index (χ4n) is 0.903. The number of H-pyrrole nitrogens is 1. The van der Waals surface area contributed by atoms with Gasteiger partial charge in [0, 0.05) is 11.8 Å². The summed E-state index contributed by atoms with van der Waals surface area (Å²) >= 11 is 1.55. The highest BCUT2D eigenvalue weighted by atomic mass is 32.2. The van der Waals surface area contributed by atoms with Crippen LogP contribution in [-0.4, -0.2) is 15.2 Å². The Hall–Kier alpha value is -0.520. The van der Waals surface area contributed by atoms with Gasteiger partial charge in [0.05, 0.1) is 11.4 Å². The molecule has 0 unspecified atom stereocenters. The van der Waals surface area contributed by atoms with Gasteiger partial charge in [-0.2, -0.15) is 5.10 Å². The van der Waals surface area contributed by atoms with Crippen LogP contribution in [0.25, 0.3) is 0 Å². The maximum atomic E-state index is 5.60. The van der Waals surface area contributed by atoms with Crippen LogP contribution in [0, 0.1) is 0 Å². The third-order valence-electron chi connectivity index (χ3n) is 1.50. The monoisotopic (exact) mass is 156 g/mol. The van der Waals surface area contributed by atoms with Crippen LogP contribution in [0.1, 0.15) is 10.8 Å². The normalized spacial score (nSPS) is 28.4. The number of nitrogens with one attached hydrogen (secondary N) is 1. The van der Waals surface area contributed by atoms with Gasteiger partial charge < -0.3 is 11.5 Å². The van der Waals surface area contributed by atoms with Gasteiger partial charge in [0.15, 0.2) is 0 Å². The minimum Gasteiger partial charge on any atom is -0.304 e. The molecule has 1 aromatic rings. The Labute approximate surface area is 62.4 Å². The molecule has 0 aromatic carbocycles. The Morgan fingerprint density at radius 2 is 2.40 bits per heavy atom. The Morgan fingerprint density at radius 1 is 1.70 bits per heavy atom. The van der Waals surface area contributed by atoms with Gasteiger partial charge in [0.2, 0.25) is 0 Å². The largest absolute Gasteiger partial charge is 0.304 e. The van der Waals surface area contributed by atoms with Gasteiger partial charge >= 0.3 is 0 Å². The van der Waals surface area contributed by atoms with Gasteiger partial charge in [-0.15, -0.1) is 11.8 Å². The number of thioether (sulfide) groups is 1. The number of rotatable bonds is 1. The van der Waals surface area contributed by atoms with E-state index in [2.05, 4.69) is 10.2 Å². The molecule has 0 spiro atoms. The second kappa shape index (κ2) is 1.75. The van der Waals surface area contributed by atoms with Crippen LogP contribution in [0.3, 0.4) is 0 Å². The van der Waals surface area contributed by atoms with Crippen LogP contribution in [0.4, 0.5) is 0 Å². The molecule has 1 aliphatic heterocycles. The summed E-state index contributed by atoms with van der Waals surface area (Å²) in [5.74, 6) is 0. The highest BCUT2D eigenvalue weighted by molar-refractivity contribution is 8.08. The number of aromatic amines is 1. The smallest absolute Gasteiger partial charge is 0.129 e. The first-order valence-electron chi connectivity index (χ1n) is 2.94. The lowest BCUT2D eigenvalue weighted by Crippen LogP contribution is -2.34. The van der Waals surface area contributed by atoms with Crippen molar-refractivity contribution >= 4 is 11.8 Å². The molecule has 10 heavy (non-hydrogen) atoms. The van der Waals surface area contributed by atoms with Crippen molar-refractivity contribution in [2.24, 2.45) is 11.5 Å². The lowest BCUT2D eigenvalue weighted by Gasteiger charge is -1.95. The predicted octanol–water partition coefficient (Wildman–Crippen LogP) is -0.231. The number of nitrogens with zero attached hydrogens (tertiary/aromatic N) is 1. The number of hydrogen-bond acceptors (Lipinski definition) is 4. The zero-order valence-electron chi connectivity index (χ0n) is 5.24. The number of hydrogen-bond donors (Lipinski definition) is 3. The maximum Gasteiger partial charge on any atom is 0.129 e. The molecule has 0 aliphatic carbocycles. The molecule has 54 valence electrons. The SMILES string of the molecule is NC1(N)S[C@@H]1c1cn[nH]c1. The zero-order valence-corrected chi connectivity index (χ0v) is 6.06. The molecule has 5 heteroatoms. The van der Waals surface area contributed by atoms with Crippen molar-refractivity contribution in [1.82, 2.24) is 10.2 Å². The summed E-state index contributed by atoms with van der Waals surface area (Å²) in [4.78, 5) is -0.552. The summed E-state index contributed by atoms with van der Waals surface area (Å²) in [6.45, 7) is 0. The zero-order chi connectivity index (χ0) is 7.19. The standard InChI is InChI=1S/C5H8N4S/c6-5(7)4(10-5)3-1-8-9-2-3/h1-2,4H,6-7H2,(H,8,9)/t4-/m1/s1. The Balaban J connectivity index is 2.19. The molecule has 1 fully saturated rings. The fraction of sp³-hybridized carbons (Fsp3) is 0.400. The molecule has 0 amide bonds. The minimum atomic E-state index is -0.552. The molecule has 2 rings (SSSR count). The van der Waals surface area contributed by atoms with E-state index in [1.54, 1.807) is 18.0 Å². The van der Waals surface area contributed by atoms with Gasteiger partial charge in [-0.25, -0.2) is 0 Å². The van der Waals surface area contributed by atoms with Gasteiger partial charge in [-0.1, -0.05) is 0 Å². The van der Waals surface area contributed by atoms with Crippen LogP contribution in [0.2, 0.25) is 0 Å². The molecule has 1 aromatic heterocycles. The summed E-state index contributed by atoms with van der Waals surface area (Å²) in [5, 5.41) is 6.74. The summed E-state index contributed by atoms with van der Waals surface area (Å²) in [6, 6.07) is 0. The van der Waals surface area contributed by atoms with Crippen molar-refractivity contribution in [3.8, 4) is 0 Å². The quantitative estimate of drug-likeness (QED) is 0.387. The van der Waals surface area contributed by atoms with E-state index in [1.807, 2.05) is 6.20 Å². The molecule has 1 aliphatic rings. The van der Waals surface area contributed by atoms with Crippen LogP contribution in [0.5, 0.6) is 0 Å². The van der Waals surface area contributed by atoms with E-state index >= 15 is 0 Å². The Bertz CT molecular complexity index is 230. The molecule has 0 bridgehead atoms. The summed E-state index contributed by atoms with van der Waals surface area (Å²) in [7, 11) is 0. The average Bonchev–Trinajstić information content (AvgIpc) is 2.31. The first-order chi connectivity index (χ1) is 4.70. The predicted molar refractivity (Wildman–Crippen MR) is 40.0 cm³/mol. The van der Waals surface area contributed by atoms with E-state index < -0.39 is 4.99 Å². The second-order valence-corrected chi connectivity index (χ2v) is 3.80. The lowest BCUT2D eigenvalue weighted by atomic mass is 10.2. The first-order valence-corrected chi connectivity index (χ1v) is 3.82. The van der Waals surface area contributed by atoms with Gasteiger partial charge in [-0.3, -0.25) is 5.10 Å². The van der Waals surface area contributed by atoms with Crippen molar-refractivity contribution < 1.29 is 0 Å². The number of aromatic nitrogens is 2. The van der Waals surface area contributed by atoms with Crippen LogP contribution in [-0.2, 0) is 0 Å². The van der Waals surface area contributed by atoms with Crippen LogP contribution >= 0.6 is 11.8 Å². The fourth-order valence-corrected chi connectivity index (χ4v) is 1.64. The molecule has 1 atom stereocenters. The van der Waals surface area contributed by atoms with Gasteiger partial charge in [0.1, 0.15) is 4.99 Å². The van der Waals surface area contributed by atoms with Crippen molar-refractivity contribution in [2.45, 2.75) is 10.2 Å². The van der Waals surface area contributed by atoms with Crippen molar-refractivity contribution in [2.75, 3.05) is 0 Å². The van der Waals surface area contributed by atoms with E-state index in [9.17, 15) is 0 Å². The van der Waals surface area contributed by atoms with E-state index in [1.165, 1.54) is 0 Å². The van der Waals surface area contributed by atoms with Crippen molar-refractivity contribution in [1.29, 1.82) is 0 Å². The second-order valence-electron chi connectivity index (χ2n) is 2.38. The van der Waals surface area contributed by atoms with Gasteiger partial charge in [0.25, 0.3) is 0 Å². The summed E-state index contributed by atoms with van der Waals surface area (Å²) in [5.41, 5.74) is 12.3. The number of nitrogens with two attached hydrogens (primary N) is 2. The Kier molecular flexibility index (Phi) is 1.08. The van der Waals surface area contributed by atoms with Crippen LogP contribution in [0.15, 0.2) is 12.4 Å². The molecule has 4 nitrogen and oxygen atoms in total.